The molecule has 3 aromatic carbocycles. The number of hydrogen-bond donors (Lipinski definition) is 0. The number of piperazine rings is 1. The lowest BCUT2D eigenvalue weighted by Gasteiger charge is -2.33. The molecule has 0 bridgehead atoms. The van der Waals surface area contributed by atoms with Gasteiger partial charge >= 0.3 is 0 Å². The Balaban J connectivity index is 1.37. The summed E-state index contributed by atoms with van der Waals surface area (Å²) in [5.41, 5.74) is 2.34. The van der Waals surface area contributed by atoms with Crippen molar-refractivity contribution in [1.29, 1.82) is 0 Å². The number of rotatable bonds is 6. The van der Waals surface area contributed by atoms with Crippen molar-refractivity contribution < 1.29 is 9.47 Å². The van der Waals surface area contributed by atoms with Gasteiger partial charge in [0.1, 0.15) is 11.5 Å². The van der Waals surface area contributed by atoms with Crippen LogP contribution in [0.4, 0.5) is 0 Å². The van der Waals surface area contributed by atoms with Crippen molar-refractivity contribution in [1.82, 2.24) is 9.91 Å². The van der Waals surface area contributed by atoms with Crippen LogP contribution in [-0.2, 0) is 6.54 Å². The molecule has 3 aromatic rings. The molecule has 1 fully saturated rings. The third-order valence-electron chi connectivity index (χ3n) is 5.42. The van der Waals surface area contributed by atoms with E-state index in [0.717, 1.165) is 49.8 Å². The average Bonchev–Trinajstić information content (AvgIpc) is 2.78. The summed E-state index contributed by atoms with van der Waals surface area (Å²) in [6.45, 7) is 4.81. The number of ether oxygens (including phenoxy) is 2. The van der Waals surface area contributed by atoms with E-state index in [1.54, 1.807) is 14.2 Å². The number of hydrazone groups is 1. The van der Waals surface area contributed by atoms with Gasteiger partial charge in [0.15, 0.2) is 0 Å². The molecule has 1 saturated heterocycles. The van der Waals surface area contributed by atoms with Gasteiger partial charge < -0.3 is 9.47 Å². The molecule has 4 rings (SSSR count). The second kappa shape index (κ2) is 8.97. The average molecular weight is 389 g/mol. The van der Waals surface area contributed by atoms with Gasteiger partial charge in [-0.2, -0.15) is 5.10 Å². The monoisotopic (exact) mass is 389 g/mol. The topological polar surface area (TPSA) is 37.3 Å². The molecule has 0 saturated carbocycles. The van der Waals surface area contributed by atoms with E-state index < -0.39 is 0 Å². The Morgan fingerprint density at radius 1 is 0.897 bits per heavy atom. The highest BCUT2D eigenvalue weighted by atomic mass is 16.5. The van der Waals surface area contributed by atoms with Crippen LogP contribution < -0.4 is 9.47 Å². The summed E-state index contributed by atoms with van der Waals surface area (Å²) in [5, 5.41) is 9.45. The molecule has 1 aliphatic rings. The van der Waals surface area contributed by atoms with E-state index in [1.165, 1.54) is 16.3 Å². The van der Waals surface area contributed by atoms with E-state index in [0.29, 0.717) is 0 Å². The van der Waals surface area contributed by atoms with Crippen LogP contribution in [0.1, 0.15) is 11.1 Å². The van der Waals surface area contributed by atoms with Gasteiger partial charge in [0, 0.05) is 44.4 Å². The summed E-state index contributed by atoms with van der Waals surface area (Å²) >= 11 is 0. The Hall–Kier alpha value is -3.05. The maximum Gasteiger partial charge on any atom is 0.131 e. The van der Waals surface area contributed by atoms with Crippen LogP contribution >= 0.6 is 0 Å². The van der Waals surface area contributed by atoms with E-state index in [1.807, 2.05) is 24.4 Å². The summed E-state index contributed by atoms with van der Waals surface area (Å²) in [6.07, 6.45) is 1.87. The fraction of sp³-hybridized carbons (Fsp3) is 0.292. The second-order valence-electron chi connectivity index (χ2n) is 7.22. The Labute approximate surface area is 172 Å². The fourth-order valence-electron chi connectivity index (χ4n) is 3.75. The van der Waals surface area contributed by atoms with Gasteiger partial charge in [0.2, 0.25) is 0 Å². The maximum atomic E-state index is 5.45. The zero-order valence-electron chi connectivity index (χ0n) is 17.0. The lowest BCUT2D eigenvalue weighted by molar-refractivity contribution is 0.131. The second-order valence-corrected chi connectivity index (χ2v) is 7.22. The molecule has 0 radical (unpaired) electrons. The fourth-order valence-corrected chi connectivity index (χ4v) is 3.75. The van der Waals surface area contributed by atoms with Gasteiger partial charge in [0.05, 0.1) is 20.4 Å². The van der Waals surface area contributed by atoms with E-state index in [4.69, 9.17) is 9.47 Å². The van der Waals surface area contributed by atoms with Crippen LogP contribution in [0.5, 0.6) is 11.5 Å². The summed E-state index contributed by atoms with van der Waals surface area (Å²) in [6, 6.07) is 21.0. The van der Waals surface area contributed by atoms with Gasteiger partial charge in [-0.05, 0) is 28.5 Å². The normalized spacial score (nSPS) is 15.2. The zero-order chi connectivity index (χ0) is 20.1. The Bertz CT molecular complexity index is 989. The number of hydrogen-bond acceptors (Lipinski definition) is 5. The van der Waals surface area contributed by atoms with E-state index >= 15 is 0 Å². The van der Waals surface area contributed by atoms with Crippen molar-refractivity contribution in [2.24, 2.45) is 5.10 Å². The van der Waals surface area contributed by atoms with Gasteiger partial charge in [-0.25, -0.2) is 0 Å². The zero-order valence-corrected chi connectivity index (χ0v) is 17.0. The van der Waals surface area contributed by atoms with E-state index in [9.17, 15) is 0 Å². The van der Waals surface area contributed by atoms with Crippen LogP contribution in [0, 0.1) is 0 Å². The molecule has 150 valence electrons. The first kappa shape index (κ1) is 19.3. The number of fused-ring (bicyclic) bond motifs is 1. The summed E-state index contributed by atoms with van der Waals surface area (Å²) in [7, 11) is 3.32. The molecule has 5 heteroatoms. The molecule has 0 aliphatic carbocycles. The molecule has 0 spiro atoms. The number of methoxy groups -OCH3 is 2. The van der Waals surface area contributed by atoms with Crippen molar-refractivity contribution >= 4 is 17.0 Å². The van der Waals surface area contributed by atoms with Gasteiger partial charge in [0.25, 0.3) is 0 Å². The Kier molecular flexibility index (Phi) is 5.96. The molecule has 29 heavy (non-hydrogen) atoms. The number of benzene rings is 3. The molecule has 0 N–H and O–H groups in total. The first-order chi connectivity index (χ1) is 14.3. The van der Waals surface area contributed by atoms with Crippen molar-refractivity contribution in [3.05, 3.63) is 71.8 Å². The third kappa shape index (κ3) is 4.51. The van der Waals surface area contributed by atoms with E-state index in [2.05, 4.69) is 57.5 Å². The van der Waals surface area contributed by atoms with Gasteiger partial charge in [-0.1, -0.05) is 42.5 Å². The van der Waals surface area contributed by atoms with Crippen LogP contribution in [-0.4, -0.2) is 56.5 Å². The highest BCUT2D eigenvalue weighted by molar-refractivity contribution is 5.85. The van der Waals surface area contributed by atoms with Crippen LogP contribution in [0.15, 0.2) is 65.8 Å². The van der Waals surface area contributed by atoms with Gasteiger partial charge in [-0.15, -0.1) is 0 Å². The lowest BCUT2D eigenvalue weighted by Crippen LogP contribution is -2.43. The van der Waals surface area contributed by atoms with Crippen molar-refractivity contribution in [2.75, 3.05) is 40.4 Å². The molecule has 5 nitrogen and oxygen atoms in total. The highest BCUT2D eigenvalue weighted by Crippen LogP contribution is 2.23. The summed E-state index contributed by atoms with van der Waals surface area (Å²) in [4.78, 5) is 2.50. The molecule has 0 atom stereocenters. The molecule has 0 amide bonds. The third-order valence-corrected chi connectivity index (χ3v) is 5.42. The molecule has 0 aromatic heterocycles. The lowest BCUT2D eigenvalue weighted by atomic mass is 10.0. The summed E-state index contributed by atoms with van der Waals surface area (Å²) in [5.74, 6) is 1.55. The number of nitrogens with zero attached hydrogens (tertiary/aromatic N) is 3. The molecule has 1 aliphatic heterocycles. The quantitative estimate of drug-likeness (QED) is 0.597. The SMILES string of the molecule is COc1ccc(C=NN2CCN(Cc3cccc4ccccc34)CC2)c(OC)c1. The molecular formula is C24H27N3O2. The molecule has 0 unspecified atom stereocenters. The Morgan fingerprint density at radius 3 is 2.48 bits per heavy atom. The first-order valence-corrected chi connectivity index (χ1v) is 9.97. The van der Waals surface area contributed by atoms with Crippen molar-refractivity contribution in [3.8, 4) is 11.5 Å². The largest absolute Gasteiger partial charge is 0.497 e. The first-order valence-electron chi connectivity index (χ1n) is 9.97. The minimum absolute atomic E-state index is 0.766. The predicted octanol–water partition coefficient (Wildman–Crippen LogP) is 4.01. The van der Waals surface area contributed by atoms with Crippen LogP contribution in [0.25, 0.3) is 10.8 Å². The highest BCUT2D eigenvalue weighted by Gasteiger charge is 2.16. The predicted molar refractivity (Wildman–Crippen MR) is 118 cm³/mol. The molecule has 1 heterocycles. The smallest absolute Gasteiger partial charge is 0.131 e. The standard InChI is InChI=1S/C24H27N3O2/c1-28-22-11-10-20(24(16-22)29-2)17-25-27-14-12-26(13-15-27)18-21-8-5-7-19-6-3-4-9-23(19)21/h3-11,16-17H,12-15,18H2,1-2H3. The van der Waals surface area contributed by atoms with Gasteiger partial charge in [-0.3, -0.25) is 9.91 Å². The molecular weight excluding hydrogens is 362 g/mol. The van der Waals surface area contributed by atoms with E-state index in [-0.39, 0.29) is 0 Å². The Morgan fingerprint density at radius 2 is 1.69 bits per heavy atom. The van der Waals surface area contributed by atoms with Crippen molar-refractivity contribution in [2.45, 2.75) is 6.54 Å². The minimum atomic E-state index is 0.766. The minimum Gasteiger partial charge on any atom is -0.497 e. The van der Waals surface area contributed by atoms with Crippen LogP contribution in [0.3, 0.4) is 0 Å². The summed E-state index contributed by atoms with van der Waals surface area (Å²) < 4.78 is 10.7. The van der Waals surface area contributed by atoms with Crippen molar-refractivity contribution in [3.63, 3.8) is 0 Å². The maximum absolute atomic E-state index is 5.45. The van der Waals surface area contributed by atoms with Crippen LogP contribution in [0.2, 0.25) is 0 Å².